The zero-order chi connectivity index (χ0) is 21.5. The molecule has 0 aliphatic rings. The molecule has 0 spiro atoms. The fourth-order valence-corrected chi connectivity index (χ4v) is 2.76. The maximum atomic E-state index is 11.2. The number of aromatic hydroxyl groups is 1. The van der Waals surface area contributed by atoms with E-state index in [2.05, 4.69) is 5.16 Å². The Bertz CT molecular complexity index is 831. The average Bonchev–Trinajstić information content (AvgIpc) is 3.00. The fraction of sp³-hybridized carbons (Fsp3) is 0.545. The highest BCUT2D eigenvalue weighted by Crippen LogP contribution is 2.41. The third-order valence-corrected chi connectivity index (χ3v) is 4.67. The lowest BCUT2D eigenvalue weighted by molar-refractivity contribution is -0.163. The molecule has 0 amide bonds. The van der Waals surface area contributed by atoms with Crippen LogP contribution in [0.5, 0.6) is 5.75 Å². The Labute approximate surface area is 166 Å². The predicted octanol–water partition coefficient (Wildman–Crippen LogP) is 5.02. The maximum absolute atomic E-state index is 11.2. The normalized spacial score (nSPS) is 13.0. The van der Waals surface area contributed by atoms with Crippen molar-refractivity contribution in [1.82, 2.24) is 5.16 Å². The van der Waals surface area contributed by atoms with Crippen LogP contribution in [0.1, 0.15) is 72.3 Å². The molecule has 2 aromatic rings. The second-order valence-electron chi connectivity index (χ2n) is 9.70. The van der Waals surface area contributed by atoms with Gasteiger partial charge in [0.1, 0.15) is 18.1 Å². The fourth-order valence-electron chi connectivity index (χ4n) is 2.76. The molecule has 6 heteroatoms. The van der Waals surface area contributed by atoms with Gasteiger partial charge in [0, 0.05) is 22.8 Å². The summed E-state index contributed by atoms with van der Waals surface area (Å²) in [6.07, 6.45) is 0. The van der Waals surface area contributed by atoms with Crippen molar-refractivity contribution in [1.29, 1.82) is 0 Å². The monoisotopic (exact) mass is 389 g/mol. The van der Waals surface area contributed by atoms with Crippen LogP contribution in [0.2, 0.25) is 0 Å². The van der Waals surface area contributed by atoms with E-state index in [-0.39, 0.29) is 17.4 Å². The number of hydrogen-bond acceptors (Lipinski definition) is 5. The summed E-state index contributed by atoms with van der Waals surface area (Å²) >= 11 is 0. The van der Waals surface area contributed by atoms with Gasteiger partial charge < -0.3 is 19.5 Å². The highest BCUT2D eigenvalue weighted by Gasteiger charge is 2.29. The van der Waals surface area contributed by atoms with Crippen LogP contribution in [0.25, 0.3) is 11.3 Å². The molecular weight excluding hydrogens is 358 g/mol. The van der Waals surface area contributed by atoms with Gasteiger partial charge in [-0.05, 0) is 36.8 Å². The molecule has 2 rings (SSSR count). The molecule has 6 nitrogen and oxygen atoms in total. The lowest BCUT2D eigenvalue weighted by atomic mass is 9.78. The number of hydrogen-bond donors (Lipinski definition) is 2. The molecule has 0 unspecified atom stereocenters. The molecule has 0 saturated heterocycles. The summed E-state index contributed by atoms with van der Waals surface area (Å²) in [5, 5.41) is 24.1. The molecule has 0 atom stereocenters. The van der Waals surface area contributed by atoms with E-state index in [4.69, 9.17) is 14.4 Å². The molecule has 0 radical (unpaired) electrons. The van der Waals surface area contributed by atoms with Crippen molar-refractivity contribution in [2.24, 2.45) is 0 Å². The van der Waals surface area contributed by atoms with Crippen LogP contribution in [0.4, 0.5) is 0 Å². The Balaban J connectivity index is 2.43. The maximum Gasteiger partial charge on any atom is 0.335 e. The van der Waals surface area contributed by atoms with Gasteiger partial charge in [0.05, 0.1) is 0 Å². The number of carbonyl (C=O) groups is 1. The molecule has 28 heavy (non-hydrogen) atoms. The Morgan fingerprint density at radius 2 is 1.50 bits per heavy atom. The Morgan fingerprint density at radius 3 is 1.93 bits per heavy atom. The Kier molecular flexibility index (Phi) is 5.68. The number of benzene rings is 1. The molecule has 1 aromatic heterocycles. The van der Waals surface area contributed by atoms with Crippen molar-refractivity contribution in [3.63, 3.8) is 0 Å². The van der Waals surface area contributed by atoms with Crippen LogP contribution < -0.4 is 0 Å². The molecule has 1 heterocycles. The number of rotatable bonds is 5. The number of phenolic OH excluding ortho intramolecular Hbond substituents is 1. The summed E-state index contributed by atoms with van der Waals surface area (Å²) < 4.78 is 10.8. The third kappa shape index (κ3) is 4.73. The summed E-state index contributed by atoms with van der Waals surface area (Å²) in [7, 11) is 0. The van der Waals surface area contributed by atoms with Crippen LogP contribution in [0.15, 0.2) is 22.7 Å². The quantitative estimate of drug-likeness (QED) is 0.746. The lowest BCUT2D eigenvalue weighted by Gasteiger charge is -2.28. The topological polar surface area (TPSA) is 92.8 Å². The third-order valence-electron chi connectivity index (χ3n) is 4.67. The Hall–Kier alpha value is -2.34. The molecule has 0 bridgehead atoms. The molecule has 2 N–H and O–H groups in total. The van der Waals surface area contributed by atoms with Crippen molar-refractivity contribution >= 4 is 5.97 Å². The zero-order valence-electron chi connectivity index (χ0n) is 18.0. The predicted molar refractivity (Wildman–Crippen MR) is 108 cm³/mol. The smallest absolute Gasteiger partial charge is 0.335 e. The van der Waals surface area contributed by atoms with Gasteiger partial charge in [-0.15, -0.1) is 0 Å². The number of aliphatic carboxylic acids is 1. The lowest BCUT2D eigenvalue weighted by Crippen LogP contribution is -2.34. The van der Waals surface area contributed by atoms with Crippen LogP contribution >= 0.6 is 0 Å². The van der Waals surface area contributed by atoms with Crippen molar-refractivity contribution in [3.05, 3.63) is 35.1 Å². The number of carboxylic acid groups (broad SMARTS) is 1. The first-order valence-electron chi connectivity index (χ1n) is 9.34. The standard InChI is InChI=1S/C22H31NO5/c1-20(2,3)15-9-13(10-16(18(15)24)21(4,5)6)17-11-14(28-23-17)12-27-22(7,8)19(25)26/h9-11,24H,12H2,1-8H3,(H,25,26). The largest absolute Gasteiger partial charge is 0.507 e. The summed E-state index contributed by atoms with van der Waals surface area (Å²) in [4.78, 5) is 11.2. The van der Waals surface area contributed by atoms with E-state index in [1.54, 1.807) is 6.07 Å². The van der Waals surface area contributed by atoms with Gasteiger partial charge in [-0.25, -0.2) is 4.79 Å². The highest BCUT2D eigenvalue weighted by atomic mass is 16.5. The summed E-state index contributed by atoms with van der Waals surface area (Å²) in [5.41, 5.74) is 1.31. The van der Waals surface area contributed by atoms with Crippen molar-refractivity contribution in [2.45, 2.75) is 78.4 Å². The zero-order valence-corrected chi connectivity index (χ0v) is 18.0. The van der Waals surface area contributed by atoms with Gasteiger partial charge in [0.15, 0.2) is 11.4 Å². The SMILES string of the molecule is CC(C)(OCc1cc(-c2cc(C(C)(C)C)c(O)c(C(C)(C)C)c2)no1)C(=O)O. The minimum Gasteiger partial charge on any atom is -0.507 e. The molecule has 1 aromatic carbocycles. The minimum absolute atomic E-state index is 0.00262. The second-order valence-corrected chi connectivity index (χ2v) is 9.70. The van der Waals surface area contributed by atoms with Gasteiger partial charge in [-0.3, -0.25) is 0 Å². The molecule has 0 fully saturated rings. The van der Waals surface area contributed by atoms with E-state index < -0.39 is 11.6 Å². The second kappa shape index (κ2) is 7.24. The van der Waals surface area contributed by atoms with E-state index in [9.17, 15) is 9.90 Å². The van der Waals surface area contributed by atoms with Crippen molar-refractivity contribution in [3.8, 4) is 17.0 Å². The van der Waals surface area contributed by atoms with E-state index >= 15 is 0 Å². The number of nitrogens with zero attached hydrogens (tertiary/aromatic N) is 1. The number of aromatic nitrogens is 1. The first-order valence-corrected chi connectivity index (χ1v) is 9.34. The van der Waals surface area contributed by atoms with Crippen LogP contribution in [0.3, 0.4) is 0 Å². The minimum atomic E-state index is -1.32. The van der Waals surface area contributed by atoms with E-state index in [1.807, 2.05) is 53.7 Å². The van der Waals surface area contributed by atoms with Gasteiger partial charge >= 0.3 is 5.97 Å². The first-order chi connectivity index (χ1) is 12.6. The van der Waals surface area contributed by atoms with Crippen molar-refractivity contribution in [2.75, 3.05) is 0 Å². The van der Waals surface area contributed by atoms with Gasteiger partial charge in [0.25, 0.3) is 0 Å². The summed E-state index contributed by atoms with van der Waals surface area (Å²) in [6, 6.07) is 5.59. The summed E-state index contributed by atoms with van der Waals surface area (Å²) in [6.45, 7) is 15.3. The highest BCUT2D eigenvalue weighted by molar-refractivity contribution is 5.76. The molecule has 0 aliphatic heterocycles. The Morgan fingerprint density at radius 1 is 1.00 bits per heavy atom. The summed E-state index contributed by atoms with van der Waals surface area (Å²) in [5.74, 6) is -0.304. The van der Waals surface area contributed by atoms with Crippen molar-refractivity contribution < 1.29 is 24.3 Å². The number of phenols is 1. The number of carboxylic acids is 1. The van der Waals surface area contributed by atoms with Crippen LogP contribution in [-0.2, 0) is 27.0 Å². The molecule has 0 saturated carbocycles. The van der Waals surface area contributed by atoms with E-state index in [0.717, 1.165) is 16.7 Å². The number of ether oxygens (including phenoxy) is 1. The first kappa shape index (κ1) is 22.0. The van der Waals surface area contributed by atoms with E-state index in [1.165, 1.54) is 13.8 Å². The van der Waals surface area contributed by atoms with Crippen LogP contribution in [0, 0.1) is 0 Å². The molecular formula is C22H31NO5. The van der Waals surface area contributed by atoms with Crippen LogP contribution in [-0.4, -0.2) is 26.9 Å². The average molecular weight is 389 g/mol. The van der Waals surface area contributed by atoms with E-state index in [0.29, 0.717) is 17.2 Å². The van der Waals surface area contributed by atoms with Gasteiger partial charge in [0.2, 0.25) is 0 Å². The molecule has 154 valence electrons. The van der Waals surface area contributed by atoms with Gasteiger partial charge in [-0.1, -0.05) is 46.7 Å². The van der Waals surface area contributed by atoms with Gasteiger partial charge in [-0.2, -0.15) is 0 Å². The molecule has 0 aliphatic carbocycles.